The first kappa shape index (κ1) is 31.1. The number of allylic oxidation sites excluding steroid dienone is 2. The van der Waals surface area contributed by atoms with Gasteiger partial charge in [-0.05, 0) is 64.1 Å². The molecular formula is C47H40N4+2. The predicted molar refractivity (Wildman–Crippen MR) is 208 cm³/mol. The van der Waals surface area contributed by atoms with Crippen LogP contribution >= 0.6 is 0 Å². The molecule has 0 aromatic heterocycles. The molecule has 0 aliphatic carbocycles. The highest BCUT2D eigenvalue weighted by Gasteiger charge is 2.23. The number of quaternary nitrogens is 2. The van der Waals surface area contributed by atoms with E-state index in [1.54, 1.807) is 0 Å². The Balaban J connectivity index is 1.07. The third-order valence-electron chi connectivity index (χ3n) is 10.3. The van der Waals surface area contributed by atoms with Gasteiger partial charge in [0.1, 0.15) is 36.9 Å². The lowest BCUT2D eigenvalue weighted by Gasteiger charge is -2.22. The molecule has 0 fully saturated rings. The highest BCUT2D eigenvalue weighted by atomic mass is 15.1. The molecule has 8 aliphatic heterocycles. The summed E-state index contributed by atoms with van der Waals surface area (Å²) in [6.45, 7) is 3.03. The Hall–Kier alpha value is -5.94. The lowest BCUT2D eigenvalue weighted by Crippen LogP contribution is -3.01. The molecule has 2 N–H and O–H groups in total. The van der Waals surface area contributed by atoms with Crippen molar-refractivity contribution >= 4 is 22.8 Å². The molecule has 4 nitrogen and oxygen atoms in total. The molecule has 8 aliphatic rings. The zero-order valence-corrected chi connectivity index (χ0v) is 28.6. The number of para-hydroxylation sites is 2. The maximum atomic E-state index is 5.14. The van der Waals surface area contributed by atoms with E-state index in [1.165, 1.54) is 76.8 Å². The number of nitrogens with one attached hydrogen (secondary N) is 2. The van der Waals surface area contributed by atoms with Gasteiger partial charge in [-0.2, -0.15) is 0 Å². The highest BCUT2D eigenvalue weighted by Crippen LogP contribution is 2.25. The van der Waals surface area contributed by atoms with Gasteiger partial charge in [-0.3, -0.25) is 19.8 Å². The molecule has 6 aromatic rings. The largest absolute Gasteiger partial charge is 0.280 e. The summed E-state index contributed by atoms with van der Waals surface area (Å²) in [6.07, 6.45) is 9.83. The quantitative estimate of drug-likeness (QED) is 0.167. The Morgan fingerprint density at radius 3 is 1.29 bits per heavy atom. The predicted octanol–water partition coefficient (Wildman–Crippen LogP) is 7.72. The standard InChI is InChI=1S/C47H38N4/c1-3-13-46-42(11-1)44-23-25-50(46)32-36-19-15-34(16-20-36)27-35-17-21-37(22-18-35)33-51-26-24-45(43-12-2-4-14-47(43)51)49-31-39-8-6-10-41(29-39)40-9-5-7-38(28-40)30-48-44/h1-26,28-29H,27,30-33H2/p+2. The second-order valence-corrected chi connectivity index (χ2v) is 13.8. The molecule has 0 saturated carbocycles. The number of nitrogens with zero attached hydrogens (tertiary/aromatic N) is 2. The number of hydrogen-bond acceptors (Lipinski definition) is 2. The van der Waals surface area contributed by atoms with Gasteiger partial charge in [0.25, 0.3) is 0 Å². The van der Waals surface area contributed by atoms with Crippen molar-refractivity contribution in [1.82, 2.24) is 0 Å². The van der Waals surface area contributed by atoms with Gasteiger partial charge >= 0.3 is 0 Å². The zero-order valence-electron chi connectivity index (χ0n) is 28.6. The molecule has 0 spiro atoms. The monoisotopic (exact) mass is 660 g/mol. The summed E-state index contributed by atoms with van der Waals surface area (Å²) < 4.78 is 0. The fraction of sp³-hybridized carbons (Fsp3) is 0.106. The number of aliphatic imine (C=N–C) groups is 2. The van der Waals surface area contributed by atoms with Crippen LogP contribution in [0, 0.1) is 0 Å². The summed E-state index contributed by atoms with van der Waals surface area (Å²) in [5.74, 6) is 0. The third-order valence-corrected chi connectivity index (χ3v) is 10.3. The van der Waals surface area contributed by atoms with E-state index in [-0.39, 0.29) is 0 Å². The first-order valence-electron chi connectivity index (χ1n) is 17.9. The van der Waals surface area contributed by atoms with Crippen molar-refractivity contribution in [2.75, 3.05) is 0 Å². The summed E-state index contributed by atoms with van der Waals surface area (Å²) >= 11 is 0. The molecule has 14 rings (SSSR count). The number of benzene rings is 6. The van der Waals surface area contributed by atoms with Crippen molar-refractivity contribution < 1.29 is 9.80 Å². The van der Waals surface area contributed by atoms with Gasteiger partial charge in [-0.15, -0.1) is 0 Å². The summed E-state index contributed by atoms with van der Waals surface area (Å²) in [4.78, 5) is 12.9. The summed E-state index contributed by atoms with van der Waals surface area (Å²) in [5.41, 5.74) is 17.1. The molecule has 51 heavy (non-hydrogen) atoms. The molecular weight excluding hydrogens is 621 g/mol. The number of fused-ring (bicyclic) bond motifs is 1. The number of hydrogen-bond donors (Lipinski definition) is 2. The molecule has 0 saturated heterocycles. The second-order valence-electron chi connectivity index (χ2n) is 13.8. The van der Waals surface area contributed by atoms with Crippen LogP contribution in [0.3, 0.4) is 0 Å². The van der Waals surface area contributed by atoms with Gasteiger partial charge < -0.3 is 0 Å². The van der Waals surface area contributed by atoms with Crippen molar-refractivity contribution in [3.05, 3.63) is 215 Å². The minimum Gasteiger partial charge on any atom is -0.280 e. The van der Waals surface area contributed by atoms with E-state index in [0.29, 0.717) is 13.1 Å². The second kappa shape index (κ2) is 13.8. The van der Waals surface area contributed by atoms with E-state index in [1.807, 2.05) is 0 Å². The van der Waals surface area contributed by atoms with Crippen LogP contribution in [0.15, 0.2) is 180 Å². The van der Waals surface area contributed by atoms with Crippen molar-refractivity contribution in [3.8, 4) is 11.1 Å². The lowest BCUT2D eigenvalue weighted by molar-refractivity contribution is -0.791. The van der Waals surface area contributed by atoms with Crippen LogP contribution in [0.2, 0.25) is 0 Å². The van der Waals surface area contributed by atoms with E-state index in [2.05, 4.69) is 170 Å². The van der Waals surface area contributed by atoms with E-state index in [0.717, 1.165) is 30.9 Å². The molecule has 12 bridgehead atoms. The third kappa shape index (κ3) is 6.68. The Kier molecular flexibility index (Phi) is 8.38. The van der Waals surface area contributed by atoms with Gasteiger partial charge in [0.15, 0.2) is 0 Å². The van der Waals surface area contributed by atoms with Crippen molar-refractivity contribution in [1.29, 1.82) is 0 Å². The van der Waals surface area contributed by atoms with E-state index in [4.69, 9.17) is 9.98 Å². The lowest BCUT2D eigenvalue weighted by atomic mass is 10.0. The Morgan fingerprint density at radius 1 is 0.392 bits per heavy atom. The molecule has 4 heteroatoms. The molecule has 246 valence electrons. The van der Waals surface area contributed by atoms with Crippen molar-refractivity contribution in [2.45, 2.75) is 32.6 Å². The maximum Gasteiger partial charge on any atom is 0.145 e. The van der Waals surface area contributed by atoms with Crippen molar-refractivity contribution in [3.63, 3.8) is 0 Å². The van der Waals surface area contributed by atoms with E-state index < -0.39 is 0 Å². The first-order chi connectivity index (χ1) is 25.2. The van der Waals surface area contributed by atoms with Gasteiger partial charge in [-0.25, -0.2) is 0 Å². The van der Waals surface area contributed by atoms with Crippen LogP contribution in [0.1, 0.15) is 44.5 Å². The fourth-order valence-corrected chi connectivity index (χ4v) is 7.55. The highest BCUT2D eigenvalue weighted by molar-refractivity contribution is 6.12. The smallest absolute Gasteiger partial charge is 0.145 e. The van der Waals surface area contributed by atoms with Crippen LogP contribution in [-0.2, 0) is 32.6 Å². The van der Waals surface area contributed by atoms with Gasteiger partial charge in [0.2, 0.25) is 0 Å². The summed E-state index contributed by atoms with van der Waals surface area (Å²) in [5, 5.41) is 0. The Morgan fingerprint density at radius 2 is 0.824 bits per heavy atom. The first-order valence-corrected chi connectivity index (χ1v) is 17.9. The van der Waals surface area contributed by atoms with Gasteiger partial charge in [0, 0.05) is 35.4 Å². The SMILES string of the molecule is C1=C[NH+]2Cc3ccc(cc3)Cc3ccc(cc3)C[NH+]3C=CC(=NCc4cccc(c4)-c4cccc(c4)CN=C1c1ccccc12)c1ccccc13. The number of rotatable bonds is 0. The molecule has 2 unspecified atom stereocenters. The van der Waals surface area contributed by atoms with Crippen LogP contribution in [0.5, 0.6) is 0 Å². The van der Waals surface area contributed by atoms with E-state index in [9.17, 15) is 0 Å². The van der Waals surface area contributed by atoms with E-state index >= 15 is 0 Å². The van der Waals surface area contributed by atoms with Crippen LogP contribution in [0.4, 0.5) is 11.4 Å². The summed E-state index contributed by atoms with van der Waals surface area (Å²) in [6, 6.07) is 53.3. The molecule has 6 aromatic carbocycles. The fourth-order valence-electron chi connectivity index (χ4n) is 7.55. The van der Waals surface area contributed by atoms with Crippen LogP contribution in [0.25, 0.3) is 11.1 Å². The summed E-state index contributed by atoms with van der Waals surface area (Å²) in [7, 11) is 0. The topological polar surface area (TPSA) is 33.6 Å². The normalized spacial score (nSPS) is 17.9. The zero-order chi connectivity index (χ0) is 34.0. The Bertz CT molecular complexity index is 2180. The average Bonchev–Trinajstić information content (AvgIpc) is 3.19. The molecule has 0 amide bonds. The van der Waals surface area contributed by atoms with Crippen LogP contribution in [-0.4, -0.2) is 11.4 Å². The van der Waals surface area contributed by atoms with Gasteiger partial charge in [0.05, 0.1) is 35.6 Å². The maximum absolute atomic E-state index is 5.14. The molecule has 8 heterocycles. The van der Waals surface area contributed by atoms with Crippen molar-refractivity contribution in [2.24, 2.45) is 9.98 Å². The minimum atomic E-state index is 0.624. The average molecular weight is 661 g/mol. The molecule has 2 atom stereocenters. The van der Waals surface area contributed by atoms with Gasteiger partial charge in [-0.1, -0.05) is 109 Å². The van der Waals surface area contributed by atoms with Crippen LogP contribution < -0.4 is 9.80 Å². The molecule has 0 radical (unpaired) electrons. The minimum absolute atomic E-state index is 0.624. The Labute approximate surface area is 300 Å².